The van der Waals surface area contributed by atoms with Gasteiger partial charge in [-0.05, 0) is 49.7 Å². The first kappa shape index (κ1) is 16.8. The Morgan fingerprint density at radius 3 is 2.55 bits per heavy atom. The standard InChI is InChI=1S/C14H14ClNO4S2/c1-3-20-14(17)13-9(2)8-12(21-13)16-22(18,19)11-6-4-10(15)5-7-11/h4-8,16H,3H2,1-2H3. The molecule has 0 fully saturated rings. The SMILES string of the molecule is CCOC(=O)c1sc(NS(=O)(=O)c2ccc(Cl)cc2)cc1C. The smallest absolute Gasteiger partial charge is 0.348 e. The van der Waals surface area contributed by atoms with E-state index in [9.17, 15) is 13.2 Å². The highest BCUT2D eigenvalue weighted by Crippen LogP contribution is 2.29. The minimum absolute atomic E-state index is 0.0978. The summed E-state index contributed by atoms with van der Waals surface area (Å²) in [7, 11) is -3.72. The van der Waals surface area contributed by atoms with Crippen LogP contribution in [0.4, 0.5) is 5.00 Å². The van der Waals surface area contributed by atoms with E-state index < -0.39 is 16.0 Å². The lowest BCUT2D eigenvalue weighted by Crippen LogP contribution is -2.11. The van der Waals surface area contributed by atoms with Gasteiger partial charge in [-0.25, -0.2) is 13.2 Å². The van der Waals surface area contributed by atoms with Crippen LogP contribution in [0.2, 0.25) is 5.02 Å². The van der Waals surface area contributed by atoms with E-state index in [0.29, 0.717) is 20.5 Å². The Morgan fingerprint density at radius 1 is 1.32 bits per heavy atom. The highest BCUT2D eigenvalue weighted by molar-refractivity contribution is 7.93. The number of anilines is 1. The number of thiophene rings is 1. The van der Waals surface area contributed by atoms with Crippen LogP contribution in [0, 0.1) is 6.92 Å². The van der Waals surface area contributed by atoms with Gasteiger partial charge in [0.25, 0.3) is 10.0 Å². The Kier molecular flexibility index (Phi) is 5.10. The summed E-state index contributed by atoms with van der Waals surface area (Å²) in [5, 5.41) is 0.811. The molecule has 8 heteroatoms. The van der Waals surface area contributed by atoms with E-state index in [4.69, 9.17) is 16.3 Å². The molecule has 1 aromatic carbocycles. The number of hydrogen-bond donors (Lipinski definition) is 1. The fraction of sp³-hybridized carbons (Fsp3) is 0.214. The maximum absolute atomic E-state index is 12.3. The lowest BCUT2D eigenvalue weighted by atomic mass is 10.3. The summed E-state index contributed by atoms with van der Waals surface area (Å²) >= 11 is 6.79. The summed E-state index contributed by atoms with van der Waals surface area (Å²) in [4.78, 5) is 12.2. The molecule has 5 nitrogen and oxygen atoms in total. The molecule has 0 unspecified atom stereocenters. The Labute approximate surface area is 137 Å². The molecule has 0 aliphatic heterocycles. The molecular weight excluding hydrogens is 346 g/mol. The van der Waals surface area contributed by atoms with E-state index in [-0.39, 0.29) is 11.5 Å². The maximum atomic E-state index is 12.3. The number of carbonyl (C=O) groups is 1. The van der Waals surface area contributed by atoms with Crippen LogP contribution in [0.1, 0.15) is 22.2 Å². The van der Waals surface area contributed by atoms with Gasteiger partial charge in [0.15, 0.2) is 0 Å². The Bertz CT molecular complexity index is 782. The molecule has 1 N–H and O–H groups in total. The van der Waals surface area contributed by atoms with Gasteiger partial charge in [-0.2, -0.15) is 0 Å². The molecule has 118 valence electrons. The van der Waals surface area contributed by atoms with Crippen molar-refractivity contribution in [2.75, 3.05) is 11.3 Å². The Morgan fingerprint density at radius 2 is 1.95 bits per heavy atom. The molecule has 0 saturated carbocycles. The summed E-state index contributed by atoms with van der Waals surface area (Å²) < 4.78 is 31.9. The first-order valence-electron chi connectivity index (χ1n) is 6.39. The molecule has 0 aliphatic carbocycles. The van der Waals surface area contributed by atoms with Crippen molar-refractivity contribution in [1.29, 1.82) is 0 Å². The normalized spacial score (nSPS) is 11.2. The third-order valence-corrected chi connectivity index (χ3v) is 5.63. The van der Waals surface area contributed by atoms with Crippen molar-refractivity contribution in [1.82, 2.24) is 0 Å². The van der Waals surface area contributed by atoms with E-state index >= 15 is 0 Å². The van der Waals surface area contributed by atoms with Crippen LogP contribution >= 0.6 is 22.9 Å². The van der Waals surface area contributed by atoms with Crippen molar-refractivity contribution in [3.63, 3.8) is 0 Å². The lowest BCUT2D eigenvalue weighted by Gasteiger charge is -2.05. The van der Waals surface area contributed by atoms with Gasteiger partial charge in [0.05, 0.1) is 11.5 Å². The van der Waals surface area contributed by atoms with Gasteiger partial charge >= 0.3 is 5.97 Å². The predicted octanol–water partition coefficient (Wildman–Crippen LogP) is 3.69. The van der Waals surface area contributed by atoms with Crippen molar-refractivity contribution in [2.45, 2.75) is 18.7 Å². The second-order valence-corrected chi connectivity index (χ2v) is 7.57. The third kappa shape index (κ3) is 3.79. The van der Waals surface area contributed by atoms with Crippen LogP contribution in [-0.4, -0.2) is 21.0 Å². The zero-order valence-corrected chi connectivity index (χ0v) is 14.3. The van der Waals surface area contributed by atoms with Crippen molar-refractivity contribution in [3.05, 3.63) is 45.8 Å². The number of hydrogen-bond acceptors (Lipinski definition) is 5. The molecular formula is C14H14ClNO4S2. The van der Waals surface area contributed by atoms with Gasteiger partial charge in [-0.3, -0.25) is 4.72 Å². The molecule has 2 rings (SSSR count). The summed E-state index contributed by atoms with van der Waals surface area (Å²) in [6.07, 6.45) is 0. The fourth-order valence-electron chi connectivity index (χ4n) is 1.74. The van der Waals surface area contributed by atoms with Gasteiger partial charge < -0.3 is 4.74 Å². The molecule has 0 saturated heterocycles. The zero-order chi connectivity index (χ0) is 16.3. The predicted molar refractivity (Wildman–Crippen MR) is 87.3 cm³/mol. The molecule has 0 spiro atoms. The van der Waals surface area contributed by atoms with Gasteiger partial charge in [0.2, 0.25) is 0 Å². The number of halogens is 1. The summed E-state index contributed by atoms with van der Waals surface area (Å²) in [6.45, 7) is 3.70. The first-order valence-corrected chi connectivity index (χ1v) is 9.07. The number of ether oxygens (including phenoxy) is 1. The van der Waals surface area contributed by atoms with Crippen LogP contribution in [0.5, 0.6) is 0 Å². The molecule has 1 heterocycles. The number of aryl methyl sites for hydroxylation is 1. The number of rotatable bonds is 5. The number of benzene rings is 1. The van der Waals surface area contributed by atoms with Gasteiger partial charge in [-0.1, -0.05) is 11.6 Å². The molecule has 0 aliphatic rings. The van der Waals surface area contributed by atoms with Gasteiger partial charge in [-0.15, -0.1) is 11.3 Å². The largest absolute Gasteiger partial charge is 0.462 e. The van der Waals surface area contributed by atoms with E-state index in [2.05, 4.69) is 4.72 Å². The molecule has 0 bridgehead atoms. The van der Waals surface area contributed by atoms with Crippen LogP contribution in [0.3, 0.4) is 0 Å². The average molecular weight is 360 g/mol. The minimum Gasteiger partial charge on any atom is -0.462 e. The van der Waals surface area contributed by atoms with Crippen LogP contribution in [-0.2, 0) is 14.8 Å². The van der Waals surface area contributed by atoms with Crippen molar-refractivity contribution in [2.24, 2.45) is 0 Å². The summed E-state index contributed by atoms with van der Waals surface area (Å²) in [5.41, 5.74) is 0.664. The topological polar surface area (TPSA) is 72.5 Å². The number of carbonyl (C=O) groups excluding carboxylic acids is 1. The molecule has 0 amide bonds. The first-order chi connectivity index (χ1) is 10.3. The lowest BCUT2D eigenvalue weighted by molar-refractivity contribution is 0.0531. The Balaban J connectivity index is 2.25. The number of sulfonamides is 1. The van der Waals surface area contributed by atoms with Crippen LogP contribution in [0.15, 0.2) is 35.2 Å². The quantitative estimate of drug-likeness (QED) is 0.826. The van der Waals surface area contributed by atoms with Gasteiger partial charge in [0, 0.05) is 5.02 Å². The van der Waals surface area contributed by atoms with Crippen LogP contribution in [0.25, 0.3) is 0 Å². The summed E-state index contributed by atoms with van der Waals surface area (Å²) in [5.74, 6) is -0.457. The highest BCUT2D eigenvalue weighted by atomic mass is 35.5. The number of esters is 1. The van der Waals surface area contributed by atoms with E-state index in [1.165, 1.54) is 24.3 Å². The van der Waals surface area contributed by atoms with E-state index in [0.717, 1.165) is 11.3 Å². The highest BCUT2D eigenvalue weighted by Gasteiger charge is 2.19. The summed E-state index contributed by atoms with van der Waals surface area (Å²) in [6, 6.07) is 7.43. The number of nitrogens with one attached hydrogen (secondary N) is 1. The van der Waals surface area contributed by atoms with Crippen molar-refractivity contribution >= 4 is 43.9 Å². The Hall–Kier alpha value is -1.57. The second-order valence-electron chi connectivity index (χ2n) is 4.40. The average Bonchev–Trinajstić information content (AvgIpc) is 2.79. The molecule has 2 aromatic rings. The molecule has 22 heavy (non-hydrogen) atoms. The van der Waals surface area contributed by atoms with Crippen molar-refractivity contribution in [3.8, 4) is 0 Å². The van der Waals surface area contributed by atoms with E-state index in [1.54, 1.807) is 19.9 Å². The third-order valence-electron chi connectivity index (χ3n) is 2.74. The van der Waals surface area contributed by atoms with E-state index in [1.807, 2.05) is 0 Å². The van der Waals surface area contributed by atoms with Crippen LogP contribution < -0.4 is 4.72 Å². The molecule has 1 aromatic heterocycles. The second kappa shape index (κ2) is 6.68. The monoisotopic (exact) mass is 359 g/mol. The van der Waals surface area contributed by atoms with Gasteiger partial charge in [0.1, 0.15) is 9.88 Å². The zero-order valence-electron chi connectivity index (χ0n) is 11.9. The van der Waals surface area contributed by atoms with Crippen molar-refractivity contribution < 1.29 is 17.9 Å². The molecule has 0 atom stereocenters. The fourth-order valence-corrected chi connectivity index (χ4v) is 4.11. The maximum Gasteiger partial charge on any atom is 0.348 e. The minimum atomic E-state index is -3.72. The molecule has 0 radical (unpaired) electrons.